The second kappa shape index (κ2) is 7.63. The van der Waals surface area contributed by atoms with E-state index in [-0.39, 0.29) is 11.8 Å². The van der Waals surface area contributed by atoms with E-state index in [2.05, 4.69) is 44.2 Å². The summed E-state index contributed by atoms with van der Waals surface area (Å²) in [6.07, 6.45) is -0.274. The molecule has 1 atom stereocenters. The summed E-state index contributed by atoms with van der Waals surface area (Å²) in [7, 11) is -0.382. The van der Waals surface area contributed by atoms with E-state index < -0.39 is 13.7 Å². The summed E-state index contributed by atoms with van der Waals surface area (Å²) < 4.78 is 11.4. The third-order valence-electron chi connectivity index (χ3n) is 5.75. The molecule has 0 saturated carbocycles. The van der Waals surface area contributed by atoms with Gasteiger partial charge in [-0.15, -0.1) is 0 Å². The summed E-state index contributed by atoms with van der Waals surface area (Å²) in [5.74, 6) is 0.843. The van der Waals surface area contributed by atoms with Crippen molar-refractivity contribution in [1.29, 1.82) is 0 Å². The van der Waals surface area contributed by atoms with Crippen molar-refractivity contribution < 1.29 is 14.3 Å². The number of amides is 1. The Labute approximate surface area is 169 Å². The number of rotatable bonds is 4. The molecule has 0 radical (unpaired) electrons. The van der Waals surface area contributed by atoms with Crippen LogP contribution in [0.1, 0.15) is 45.8 Å². The molecule has 0 fully saturated rings. The van der Waals surface area contributed by atoms with Gasteiger partial charge in [-0.2, -0.15) is 0 Å². The molecule has 2 aromatic rings. The number of nitrogens with zero attached hydrogens (tertiary/aromatic N) is 1. The average Bonchev–Trinajstić information content (AvgIpc) is 2.97. The van der Waals surface area contributed by atoms with Gasteiger partial charge in [0.15, 0.2) is 0 Å². The summed E-state index contributed by atoms with van der Waals surface area (Å²) in [5.41, 5.74) is 1.62. The van der Waals surface area contributed by atoms with E-state index in [0.29, 0.717) is 0 Å². The van der Waals surface area contributed by atoms with E-state index in [9.17, 15) is 4.79 Å². The third kappa shape index (κ3) is 3.44. The number of hydrogen-bond donors (Lipinski definition) is 0. The van der Waals surface area contributed by atoms with Crippen molar-refractivity contribution in [3.8, 4) is 5.75 Å². The van der Waals surface area contributed by atoms with Crippen LogP contribution < -0.4 is 14.8 Å². The van der Waals surface area contributed by atoms with Gasteiger partial charge in [-0.1, -0.05) is 56.3 Å². The lowest BCUT2D eigenvalue weighted by atomic mass is 10.2. The topological polar surface area (TPSA) is 38.8 Å². The predicted molar refractivity (Wildman–Crippen MR) is 117 cm³/mol. The zero-order chi connectivity index (χ0) is 20.5. The minimum absolute atomic E-state index is 0.0145. The van der Waals surface area contributed by atoms with E-state index in [1.54, 1.807) is 7.11 Å². The fraction of sp³-hybridized carbons (Fsp3) is 0.435. The largest absolute Gasteiger partial charge is 0.497 e. The van der Waals surface area contributed by atoms with Crippen LogP contribution in [0.3, 0.4) is 0 Å². The first-order chi connectivity index (χ1) is 13.3. The number of ether oxygens (including phenoxy) is 2. The first kappa shape index (κ1) is 20.5. The fourth-order valence-electron chi connectivity index (χ4n) is 4.42. The molecule has 0 spiro atoms. The molecule has 5 heteroatoms. The van der Waals surface area contributed by atoms with Gasteiger partial charge in [0.05, 0.1) is 12.8 Å². The van der Waals surface area contributed by atoms with Gasteiger partial charge in [-0.3, -0.25) is 4.90 Å². The number of carbonyl (C=O) groups is 1. The van der Waals surface area contributed by atoms with Gasteiger partial charge < -0.3 is 9.47 Å². The molecule has 1 aliphatic rings. The molecule has 1 unspecified atom stereocenters. The van der Waals surface area contributed by atoms with Crippen LogP contribution in [0.15, 0.2) is 48.5 Å². The molecular formula is C23H31NO3Si. The van der Waals surface area contributed by atoms with Crippen LogP contribution in [-0.2, 0) is 4.74 Å². The Bertz CT molecular complexity index is 841. The van der Waals surface area contributed by atoms with E-state index in [4.69, 9.17) is 9.47 Å². The average molecular weight is 398 g/mol. The SMILES string of the molecule is CC[Si]1(CC)c2cc(OC)ccc2N(C(=O)OC(C)(C)C)C1c1ccccc1. The van der Waals surface area contributed by atoms with Gasteiger partial charge in [-0.05, 0) is 49.7 Å². The van der Waals surface area contributed by atoms with Crippen LogP contribution in [0.2, 0.25) is 12.1 Å². The minimum atomic E-state index is -2.07. The van der Waals surface area contributed by atoms with Crippen LogP contribution in [0.25, 0.3) is 0 Å². The Balaban J connectivity index is 2.24. The lowest BCUT2D eigenvalue weighted by Crippen LogP contribution is -2.52. The molecule has 0 bridgehead atoms. The Morgan fingerprint density at radius 3 is 2.25 bits per heavy atom. The Hall–Kier alpha value is -2.27. The van der Waals surface area contributed by atoms with Crippen molar-refractivity contribution in [2.24, 2.45) is 0 Å². The van der Waals surface area contributed by atoms with Crippen LogP contribution in [0.4, 0.5) is 10.5 Å². The highest BCUT2D eigenvalue weighted by atomic mass is 28.3. The molecule has 0 N–H and O–H groups in total. The van der Waals surface area contributed by atoms with E-state index in [1.165, 1.54) is 10.8 Å². The smallest absolute Gasteiger partial charge is 0.415 e. The molecule has 28 heavy (non-hydrogen) atoms. The highest BCUT2D eigenvalue weighted by molar-refractivity contribution is 6.95. The van der Waals surface area contributed by atoms with E-state index >= 15 is 0 Å². The fourth-order valence-corrected chi connectivity index (χ4v) is 9.46. The highest BCUT2D eigenvalue weighted by Gasteiger charge is 2.54. The zero-order valence-corrected chi connectivity index (χ0v) is 18.8. The normalized spacial score (nSPS) is 17.9. The van der Waals surface area contributed by atoms with Crippen molar-refractivity contribution >= 4 is 25.0 Å². The maximum Gasteiger partial charge on any atom is 0.415 e. The van der Waals surface area contributed by atoms with Gasteiger partial charge in [-0.25, -0.2) is 4.79 Å². The van der Waals surface area contributed by atoms with Gasteiger partial charge in [0.1, 0.15) is 19.4 Å². The van der Waals surface area contributed by atoms with Crippen LogP contribution in [-0.4, -0.2) is 26.9 Å². The summed E-state index contributed by atoms with van der Waals surface area (Å²) in [6.45, 7) is 10.3. The monoisotopic (exact) mass is 397 g/mol. The maximum absolute atomic E-state index is 13.4. The molecule has 2 aromatic carbocycles. The number of fused-ring (bicyclic) bond motifs is 1. The quantitative estimate of drug-likeness (QED) is 0.646. The minimum Gasteiger partial charge on any atom is -0.497 e. The lowest BCUT2D eigenvalue weighted by Gasteiger charge is -2.37. The summed E-state index contributed by atoms with van der Waals surface area (Å²) in [4.78, 5) is 15.3. The van der Waals surface area contributed by atoms with E-state index in [1.807, 2.05) is 43.9 Å². The number of carbonyl (C=O) groups excluding carboxylic acids is 1. The van der Waals surface area contributed by atoms with Gasteiger partial charge in [0, 0.05) is 5.69 Å². The second-order valence-corrected chi connectivity index (χ2v) is 13.2. The molecule has 150 valence electrons. The number of hydrogen-bond acceptors (Lipinski definition) is 3. The summed E-state index contributed by atoms with van der Waals surface area (Å²) in [6, 6.07) is 18.6. The second-order valence-electron chi connectivity index (χ2n) is 8.41. The first-order valence-corrected chi connectivity index (χ1v) is 12.5. The molecule has 0 aliphatic carbocycles. The number of benzene rings is 2. The molecule has 4 nitrogen and oxygen atoms in total. The first-order valence-electron chi connectivity index (χ1n) is 10.0. The Morgan fingerprint density at radius 2 is 1.71 bits per heavy atom. The molecule has 0 aromatic heterocycles. The highest BCUT2D eigenvalue weighted by Crippen LogP contribution is 2.46. The van der Waals surface area contributed by atoms with Crippen molar-refractivity contribution in [2.75, 3.05) is 12.0 Å². The zero-order valence-electron chi connectivity index (χ0n) is 17.8. The van der Waals surface area contributed by atoms with Crippen LogP contribution in [0.5, 0.6) is 5.75 Å². The van der Waals surface area contributed by atoms with Crippen LogP contribution >= 0.6 is 0 Å². The number of anilines is 1. The van der Waals surface area contributed by atoms with Crippen molar-refractivity contribution in [3.63, 3.8) is 0 Å². The Morgan fingerprint density at radius 1 is 1.07 bits per heavy atom. The van der Waals surface area contributed by atoms with Gasteiger partial charge >= 0.3 is 6.09 Å². The lowest BCUT2D eigenvalue weighted by molar-refractivity contribution is 0.0575. The summed E-state index contributed by atoms with van der Waals surface area (Å²) >= 11 is 0. The van der Waals surface area contributed by atoms with Crippen molar-refractivity contribution in [2.45, 2.75) is 58.0 Å². The third-order valence-corrected chi connectivity index (χ3v) is 11.4. The maximum atomic E-state index is 13.4. The van der Waals surface area contributed by atoms with Crippen LogP contribution in [0, 0.1) is 0 Å². The molecule has 3 rings (SSSR count). The molecule has 1 aliphatic heterocycles. The number of methoxy groups -OCH3 is 1. The predicted octanol–water partition coefficient (Wildman–Crippen LogP) is 5.43. The standard InChI is InChI=1S/C23H31NO3Si/c1-7-28(8-2)20-16-18(26-6)14-15-19(20)24(22(25)27-23(3,4)5)21(28)17-12-10-9-11-13-17/h9-16,21H,7-8H2,1-6H3. The summed E-state index contributed by atoms with van der Waals surface area (Å²) in [5, 5.41) is 1.29. The van der Waals surface area contributed by atoms with Crippen molar-refractivity contribution in [3.05, 3.63) is 54.1 Å². The Kier molecular flexibility index (Phi) is 5.57. The molecule has 1 amide bonds. The van der Waals surface area contributed by atoms with E-state index in [0.717, 1.165) is 23.5 Å². The van der Waals surface area contributed by atoms with Gasteiger partial charge in [0.25, 0.3) is 0 Å². The molecule has 1 heterocycles. The molecule has 0 saturated heterocycles. The van der Waals surface area contributed by atoms with Gasteiger partial charge in [0.2, 0.25) is 0 Å². The molecular weight excluding hydrogens is 366 g/mol. The van der Waals surface area contributed by atoms with Crippen molar-refractivity contribution in [1.82, 2.24) is 0 Å².